The van der Waals surface area contributed by atoms with Crippen LogP contribution >= 0.6 is 35.0 Å². The lowest BCUT2D eigenvalue weighted by atomic mass is 10.1. The first-order valence-electron chi connectivity index (χ1n) is 9.88. The van der Waals surface area contributed by atoms with Gasteiger partial charge in [0.2, 0.25) is 5.91 Å². The van der Waals surface area contributed by atoms with Crippen LogP contribution in [0.1, 0.15) is 47.7 Å². The van der Waals surface area contributed by atoms with Crippen LogP contribution in [0.3, 0.4) is 0 Å². The number of thioether (sulfide) groups is 1. The van der Waals surface area contributed by atoms with Crippen molar-refractivity contribution < 1.29 is 9.59 Å². The Labute approximate surface area is 200 Å². The molecular formula is C22H23Cl2N5O2S. The fraction of sp³-hybridized carbons (Fsp3) is 0.273. The van der Waals surface area contributed by atoms with E-state index in [0.29, 0.717) is 26.6 Å². The third-order valence-electron chi connectivity index (χ3n) is 4.79. The van der Waals surface area contributed by atoms with Gasteiger partial charge in [-0.15, -0.1) is 10.2 Å². The Kier molecular flexibility index (Phi) is 8.17. The molecule has 0 saturated heterocycles. The predicted molar refractivity (Wildman–Crippen MR) is 127 cm³/mol. The summed E-state index contributed by atoms with van der Waals surface area (Å²) in [7, 11) is 1.80. The molecule has 0 aliphatic carbocycles. The van der Waals surface area contributed by atoms with Crippen LogP contribution in [-0.4, -0.2) is 32.3 Å². The Hall–Kier alpha value is -2.55. The smallest absolute Gasteiger partial charge is 0.251 e. The average Bonchev–Trinajstić information content (AvgIpc) is 3.15. The molecular weight excluding hydrogens is 469 g/mol. The summed E-state index contributed by atoms with van der Waals surface area (Å²) >= 11 is 13.2. The molecule has 7 nitrogen and oxygen atoms in total. The molecule has 1 aromatic heterocycles. The van der Waals surface area contributed by atoms with Crippen LogP contribution in [0.5, 0.6) is 0 Å². The summed E-state index contributed by atoms with van der Waals surface area (Å²) in [6.07, 6.45) is 0. The van der Waals surface area contributed by atoms with Gasteiger partial charge in [-0.3, -0.25) is 9.59 Å². The number of nitrogens with one attached hydrogen (secondary N) is 2. The third kappa shape index (κ3) is 6.03. The van der Waals surface area contributed by atoms with E-state index in [0.717, 1.165) is 5.56 Å². The second kappa shape index (κ2) is 10.8. The van der Waals surface area contributed by atoms with Crippen molar-refractivity contribution in [2.45, 2.75) is 31.1 Å². The normalized spacial score (nSPS) is 12.8. The lowest BCUT2D eigenvalue weighted by molar-refractivity contribution is -0.119. The topological polar surface area (TPSA) is 88.9 Å². The van der Waals surface area contributed by atoms with E-state index >= 15 is 0 Å². The van der Waals surface area contributed by atoms with Crippen molar-refractivity contribution in [3.05, 3.63) is 75.5 Å². The van der Waals surface area contributed by atoms with Gasteiger partial charge in [0, 0.05) is 12.6 Å². The van der Waals surface area contributed by atoms with Crippen molar-refractivity contribution in [3.8, 4) is 0 Å². The van der Waals surface area contributed by atoms with Gasteiger partial charge in [0.25, 0.3) is 5.91 Å². The number of nitrogens with zero attached hydrogens (tertiary/aromatic N) is 3. The maximum atomic E-state index is 12.5. The summed E-state index contributed by atoms with van der Waals surface area (Å²) in [5.41, 5.74) is 1.44. The molecule has 0 unspecified atom stereocenters. The molecule has 1 heterocycles. The molecule has 0 spiro atoms. The monoisotopic (exact) mass is 491 g/mol. The van der Waals surface area contributed by atoms with Crippen LogP contribution in [0.15, 0.2) is 53.7 Å². The van der Waals surface area contributed by atoms with Gasteiger partial charge in [-0.1, -0.05) is 65.3 Å². The van der Waals surface area contributed by atoms with Gasteiger partial charge in [0.1, 0.15) is 0 Å². The quantitative estimate of drug-likeness (QED) is 0.450. The molecule has 0 radical (unpaired) electrons. The van der Waals surface area contributed by atoms with Crippen molar-refractivity contribution in [2.24, 2.45) is 7.05 Å². The number of rotatable bonds is 8. The summed E-state index contributed by atoms with van der Waals surface area (Å²) in [5, 5.41) is 15.5. The second-order valence-electron chi connectivity index (χ2n) is 7.21. The Bertz CT molecular complexity index is 1110. The minimum Gasteiger partial charge on any atom is -0.349 e. The van der Waals surface area contributed by atoms with Crippen LogP contribution in [0, 0.1) is 0 Å². The minimum atomic E-state index is -0.407. The second-order valence-corrected chi connectivity index (χ2v) is 8.97. The van der Waals surface area contributed by atoms with Gasteiger partial charge in [-0.25, -0.2) is 0 Å². The van der Waals surface area contributed by atoms with Gasteiger partial charge < -0.3 is 15.2 Å². The first-order chi connectivity index (χ1) is 15.3. The van der Waals surface area contributed by atoms with Crippen molar-refractivity contribution in [3.63, 3.8) is 0 Å². The summed E-state index contributed by atoms with van der Waals surface area (Å²) in [6.45, 7) is 3.75. The van der Waals surface area contributed by atoms with Crippen LogP contribution in [0.25, 0.3) is 0 Å². The molecule has 2 aromatic carbocycles. The SMILES string of the molecule is C[C@H](NC(=O)c1ccc(Cl)c(Cl)c1)c1nnc(SCC(=O)N[C@H](C)c2ccccc2)n1C. The highest BCUT2D eigenvalue weighted by atomic mass is 35.5. The van der Waals surface area contributed by atoms with Gasteiger partial charge in [-0.2, -0.15) is 0 Å². The molecule has 0 bridgehead atoms. The van der Waals surface area contributed by atoms with Crippen LogP contribution in [0.4, 0.5) is 0 Å². The lowest BCUT2D eigenvalue weighted by Crippen LogP contribution is -2.29. The highest BCUT2D eigenvalue weighted by molar-refractivity contribution is 7.99. The van der Waals surface area contributed by atoms with Crippen LogP contribution in [-0.2, 0) is 11.8 Å². The van der Waals surface area contributed by atoms with E-state index < -0.39 is 6.04 Å². The zero-order chi connectivity index (χ0) is 23.3. The van der Waals surface area contributed by atoms with Crippen molar-refractivity contribution in [1.29, 1.82) is 0 Å². The van der Waals surface area contributed by atoms with Crippen LogP contribution < -0.4 is 10.6 Å². The van der Waals surface area contributed by atoms with E-state index in [9.17, 15) is 9.59 Å². The zero-order valence-electron chi connectivity index (χ0n) is 17.8. The van der Waals surface area contributed by atoms with E-state index in [1.54, 1.807) is 23.7 Å². The number of amides is 2. The molecule has 3 rings (SSSR count). The number of hydrogen-bond acceptors (Lipinski definition) is 5. The molecule has 0 aliphatic heterocycles. The third-order valence-corrected chi connectivity index (χ3v) is 6.55. The Morgan fingerprint density at radius 1 is 1.00 bits per heavy atom. The summed E-state index contributed by atoms with van der Waals surface area (Å²) in [5.74, 6) is 0.367. The fourth-order valence-electron chi connectivity index (χ4n) is 3.05. The first-order valence-corrected chi connectivity index (χ1v) is 11.6. The van der Waals surface area contributed by atoms with Crippen LogP contribution in [0.2, 0.25) is 10.0 Å². The summed E-state index contributed by atoms with van der Waals surface area (Å²) in [6, 6.07) is 14.0. The number of carbonyl (C=O) groups excluding carboxylic acids is 2. The van der Waals surface area contributed by atoms with Crippen molar-refractivity contribution >= 4 is 46.8 Å². The average molecular weight is 492 g/mol. The fourth-order valence-corrected chi connectivity index (χ4v) is 4.08. The molecule has 0 aliphatic rings. The van der Waals surface area contributed by atoms with Crippen molar-refractivity contribution in [2.75, 3.05) is 5.75 Å². The maximum absolute atomic E-state index is 12.5. The standard InChI is InChI=1S/C22H23Cl2N5O2S/c1-13(15-7-5-4-6-8-15)25-19(30)12-32-22-28-27-20(29(22)3)14(2)26-21(31)16-9-10-17(23)18(24)11-16/h4-11,13-14H,12H2,1-3H3,(H,25,30)(H,26,31)/t13-,14+/m1/s1. The Morgan fingerprint density at radius 2 is 1.72 bits per heavy atom. The molecule has 32 heavy (non-hydrogen) atoms. The lowest BCUT2D eigenvalue weighted by Gasteiger charge is -2.15. The number of aromatic nitrogens is 3. The van der Waals surface area contributed by atoms with Gasteiger partial charge in [0.15, 0.2) is 11.0 Å². The number of carbonyl (C=O) groups is 2. The minimum absolute atomic E-state index is 0.0871. The molecule has 168 valence electrons. The maximum Gasteiger partial charge on any atom is 0.251 e. The largest absolute Gasteiger partial charge is 0.349 e. The number of benzene rings is 2. The zero-order valence-corrected chi connectivity index (χ0v) is 20.1. The van der Waals surface area contributed by atoms with Crippen molar-refractivity contribution in [1.82, 2.24) is 25.4 Å². The van der Waals surface area contributed by atoms with E-state index in [1.807, 2.05) is 44.2 Å². The molecule has 2 amide bonds. The molecule has 2 atom stereocenters. The molecule has 10 heteroatoms. The Morgan fingerprint density at radius 3 is 2.41 bits per heavy atom. The first kappa shape index (κ1) is 24.1. The predicted octanol–water partition coefficient (Wildman–Crippen LogP) is 4.58. The van der Waals surface area contributed by atoms with Gasteiger partial charge in [0.05, 0.1) is 27.9 Å². The van der Waals surface area contributed by atoms with Gasteiger partial charge >= 0.3 is 0 Å². The van der Waals surface area contributed by atoms with E-state index in [2.05, 4.69) is 20.8 Å². The summed E-state index contributed by atoms with van der Waals surface area (Å²) in [4.78, 5) is 24.9. The number of hydrogen-bond donors (Lipinski definition) is 2. The molecule has 0 saturated carbocycles. The van der Waals surface area contributed by atoms with E-state index in [4.69, 9.17) is 23.2 Å². The Balaban J connectivity index is 1.56. The van der Waals surface area contributed by atoms with E-state index in [1.165, 1.54) is 17.8 Å². The molecule has 2 N–H and O–H groups in total. The number of halogens is 2. The molecule has 3 aromatic rings. The molecule has 0 fully saturated rings. The van der Waals surface area contributed by atoms with E-state index in [-0.39, 0.29) is 23.6 Å². The summed E-state index contributed by atoms with van der Waals surface area (Å²) < 4.78 is 1.76. The van der Waals surface area contributed by atoms with Gasteiger partial charge in [-0.05, 0) is 37.6 Å². The highest BCUT2D eigenvalue weighted by Crippen LogP contribution is 2.23. The highest BCUT2D eigenvalue weighted by Gasteiger charge is 2.20.